The van der Waals surface area contributed by atoms with Gasteiger partial charge < -0.3 is 5.11 Å². The minimum Gasteiger partial charge on any atom is -0.385 e. The number of hydrogen-bond acceptors (Lipinski definition) is 1. The van der Waals surface area contributed by atoms with Gasteiger partial charge in [-0.15, -0.1) is 0 Å². The Balaban J connectivity index is 3.01. The quantitative estimate of drug-likeness (QED) is 0.775. The lowest BCUT2D eigenvalue weighted by Crippen LogP contribution is -2.32. The van der Waals surface area contributed by atoms with Crippen LogP contribution in [-0.2, 0) is 5.60 Å². The molecule has 0 aliphatic heterocycles. The summed E-state index contributed by atoms with van der Waals surface area (Å²) >= 11 is 0. The van der Waals surface area contributed by atoms with Crippen LogP contribution in [0.2, 0.25) is 0 Å². The molecule has 0 heterocycles. The Hall–Kier alpha value is -0.820. The van der Waals surface area contributed by atoms with Crippen molar-refractivity contribution >= 4 is 0 Å². The van der Waals surface area contributed by atoms with Gasteiger partial charge in [0, 0.05) is 0 Å². The Labute approximate surface area is 86.8 Å². The number of aliphatic hydroxyl groups is 1. The van der Waals surface area contributed by atoms with Gasteiger partial charge in [0.05, 0.1) is 5.60 Å². The summed E-state index contributed by atoms with van der Waals surface area (Å²) in [6, 6.07) is 9.97. The summed E-state index contributed by atoms with van der Waals surface area (Å²) in [5.74, 6) is 0.301. The zero-order valence-corrected chi connectivity index (χ0v) is 9.33. The molecule has 1 nitrogen and oxygen atoms in total. The van der Waals surface area contributed by atoms with Gasteiger partial charge >= 0.3 is 0 Å². The summed E-state index contributed by atoms with van der Waals surface area (Å²) in [4.78, 5) is 0. The van der Waals surface area contributed by atoms with Gasteiger partial charge in [0.15, 0.2) is 0 Å². The minimum atomic E-state index is -0.657. The highest BCUT2D eigenvalue weighted by molar-refractivity contribution is 5.22. The van der Waals surface area contributed by atoms with E-state index in [1.807, 2.05) is 37.3 Å². The second-order valence-corrected chi connectivity index (χ2v) is 3.95. The second-order valence-electron chi connectivity index (χ2n) is 3.95. The molecule has 78 valence electrons. The van der Waals surface area contributed by atoms with Crippen molar-refractivity contribution in [2.45, 2.75) is 39.2 Å². The maximum Gasteiger partial charge on any atom is 0.0919 e. The third kappa shape index (κ3) is 1.98. The van der Waals surface area contributed by atoms with Crippen molar-refractivity contribution in [1.29, 1.82) is 0 Å². The van der Waals surface area contributed by atoms with Crippen LogP contribution in [0.5, 0.6) is 0 Å². The summed E-state index contributed by atoms with van der Waals surface area (Å²) < 4.78 is 0. The lowest BCUT2D eigenvalue weighted by molar-refractivity contribution is -0.0224. The van der Waals surface area contributed by atoms with Gasteiger partial charge in [0.25, 0.3) is 0 Å². The monoisotopic (exact) mass is 192 g/mol. The lowest BCUT2D eigenvalue weighted by atomic mass is 9.79. The molecule has 0 saturated heterocycles. The Morgan fingerprint density at radius 2 is 1.79 bits per heavy atom. The first-order valence-electron chi connectivity index (χ1n) is 5.43. The first-order chi connectivity index (χ1) is 6.65. The van der Waals surface area contributed by atoms with Crippen LogP contribution in [0.1, 0.15) is 39.2 Å². The van der Waals surface area contributed by atoms with Gasteiger partial charge in [0.2, 0.25) is 0 Å². The van der Waals surface area contributed by atoms with E-state index < -0.39 is 5.60 Å². The normalized spacial score (nSPS) is 17.4. The maximum absolute atomic E-state index is 10.6. The molecule has 0 fully saturated rings. The Morgan fingerprint density at radius 3 is 2.21 bits per heavy atom. The third-order valence-corrected chi connectivity index (χ3v) is 3.24. The van der Waals surface area contributed by atoms with Crippen molar-refractivity contribution < 1.29 is 5.11 Å². The summed E-state index contributed by atoms with van der Waals surface area (Å²) in [6.07, 6.45) is 1.77. The van der Waals surface area contributed by atoms with E-state index in [9.17, 15) is 5.11 Å². The molecule has 0 aliphatic rings. The van der Waals surface area contributed by atoms with Crippen molar-refractivity contribution in [3.05, 3.63) is 35.9 Å². The fraction of sp³-hybridized carbons (Fsp3) is 0.538. The fourth-order valence-corrected chi connectivity index (χ4v) is 1.90. The average molecular weight is 192 g/mol. The molecule has 2 atom stereocenters. The van der Waals surface area contributed by atoms with Crippen LogP contribution in [0.25, 0.3) is 0 Å². The summed E-state index contributed by atoms with van der Waals surface area (Å²) in [6.45, 7) is 6.27. The largest absolute Gasteiger partial charge is 0.385 e. The third-order valence-electron chi connectivity index (χ3n) is 3.24. The van der Waals surface area contributed by atoms with Gasteiger partial charge in [-0.3, -0.25) is 0 Å². The minimum absolute atomic E-state index is 0.301. The summed E-state index contributed by atoms with van der Waals surface area (Å²) in [5, 5.41) is 10.6. The van der Waals surface area contributed by atoms with E-state index in [1.165, 1.54) is 0 Å². The highest BCUT2D eigenvalue weighted by Crippen LogP contribution is 2.34. The SMILES string of the molecule is CCC(C)C(O)(CC)c1ccccc1. The first-order valence-corrected chi connectivity index (χ1v) is 5.43. The Morgan fingerprint density at radius 1 is 1.21 bits per heavy atom. The van der Waals surface area contributed by atoms with E-state index in [4.69, 9.17) is 0 Å². The standard InChI is InChI=1S/C13H20O/c1-4-11(3)13(14,5-2)12-9-7-6-8-10-12/h6-11,14H,4-5H2,1-3H3. The van der Waals surface area contributed by atoms with E-state index in [-0.39, 0.29) is 0 Å². The van der Waals surface area contributed by atoms with Crippen LogP contribution in [0.4, 0.5) is 0 Å². The Kier molecular flexibility index (Phi) is 3.70. The predicted octanol–water partition coefficient (Wildman–Crippen LogP) is 3.33. The van der Waals surface area contributed by atoms with E-state index in [2.05, 4.69) is 13.8 Å². The molecule has 0 bridgehead atoms. The number of benzene rings is 1. The van der Waals surface area contributed by atoms with Gasteiger partial charge in [-0.05, 0) is 17.9 Å². The van der Waals surface area contributed by atoms with Crippen LogP contribution in [0.3, 0.4) is 0 Å². The highest BCUT2D eigenvalue weighted by Gasteiger charge is 2.32. The van der Waals surface area contributed by atoms with Crippen LogP contribution in [0, 0.1) is 5.92 Å². The number of hydrogen-bond donors (Lipinski definition) is 1. The molecule has 0 amide bonds. The molecule has 0 radical (unpaired) electrons. The maximum atomic E-state index is 10.6. The van der Waals surface area contributed by atoms with Crippen LogP contribution >= 0.6 is 0 Å². The molecular formula is C13H20O. The molecule has 0 spiro atoms. The highest BCUT2D eigenvalue weighted by atomic mass is 16.3. The lowest BCUT2D eigenvalue weighted by Gasteiger charge is -2.33. The smallest absolute Gasteiger partial charge is 0.0919 e. The van der Waals surface area contributed by atoms with E-state index in [0.717, 1.165) is 18.4 Å². The number of rotatable bonds is 4. The molecule has 1 aromatic carbocycles. The topological polar surface area (TPSA) is 20.2 Å². The molecule has 14 heavy (non-hydrogen) atoms. The molecule has 1 rings (SSSR count). The fourth-order valence-electron chi connectivity index (χ4n) is 1.90. The van der Waals surface area contributed by atoms with Crippen molar-refractivity contribution in [1.82, 2.24) is 0 Å². The van der Waals surface area contributed by atoms with Crippen molar-refractivity contribution in [3.63, 3.8) is 0 Å². The summed E-state index contributed by atoms with van der Waals surface area (Å²) in [5.41, 5.74) is 0.382. The molecule has 0 saturated carbocycles. The summed E-state index contributed by atoms with van der Waals surface area (Å²) in [7, 11) is 0. The van der Waals surface area contributed by atoms with Crippen LogP contribution in [0.15, 0.2) is 30.3 Å². The van der Waals surface area contributed by atoms with E-state index >= 15 is 0 Å². The van der Waals surface area contributed by atoms with Gasteiger partial charge in [-0.1, -0.05) is 57.5 Å². The van der Waals surface area contributed by atoms with Crippen molar-refractivity contribution in [2.75, 3.05) is 0 Å². The Bertz CT molecular complexity index is 268. The molecule has 2 unspecified atom stereocenters. The van der Waals surface area contributed by atoms with Crippen molar-refractivity contribution in [2.24, 2.45) is 5.92 Å². The van der Waals surface area contributed by atoms with Gasteiger partial charge in [-0.25, -0.2) is 0 Å². The van der Waals surface area contributed by atoms with Gasteiger partial charge in [0.1, 0.15) is 0 Å². The first kappa shape index (κ1) is 11.3. The zero-order chi connectivity index (χ0) is 10.6. The zero-order valence-electron chi connectivity index (χ0n) is 9.33. The molecule has 0 aliphatic carbocycles. The predicted molar refractivity (Wildman–Crippen MR) is 60.1 cm³/mol. The second kappa shape index (κ2) is 4.61. The van der Waals surface area contributed by atoms with Crippen LogP contribution < -0.4 is 0 Å². The molecular weight excluding hydrogens is 172 g/mol. The van der Waals surface area contributed by atoms with E-state index in [1.54, 1.807) is 0 Å². The average Bonchev–Trinajstić information content (AvgIpc) is 2.28. The molecule has 1 heteroatoms. The molecule has 1 N–H and O–H groups in total. The van der Waals surface area contributed by atoms with Gasteiger partial charge in [-0.2, -0.15) is 0 Å². The van der Waals surface area contributed by atoms with E-state index in [0.29, 0.717) is 5.92 Å². The van der Waals surface area contributed by atoms with Crippen LogP contribution in [-0.4, -0.2) is 5.11 Å². The molecule has 1 aromatic rings. The molecule has 0 aromatic heterocycles. The van der Waals surface area contributed by atoms with Crippen molar-refractivity contribution in [3.8, 4) is 0 Å².